The average Bonchev–Trinajstić information content (AvgIpc) is 3.19. The number of hydrogen-bond acceptors (Lipinski definition) is 7. The van der Waals surface area contributed by atoms with Crippen molar-refractivity contribution in [1.82, 2.24) is 14.9 Å². The second kappa shape index (κ2) is 9.78. The van der Waals surface area contributed by atoms with E-state index in [9.17, 15) is 0 Å². The van der Waals surface area contributed by atoms with Gasteiger partial charge < -0.3 is 20.1 Å². The van der Waals surface area contributed by atoms with E-state index in [2.05, 4.69) is 47.2 Å². The summed E-state index contributed by atoms with van der Waals surface area (Å²) in [6.45, 7) is 1.62. The molecule has 1 aromatic heterocycles. The normalized spacial score (nSPS) is 12.6. The maximum absolute atomic E-state index is 6.23. The molecule has 7 nitrogen and oxygen atoms in total. The molecule has 32 heavy (non-hydrogen) atoms. The second-order valence-corrected chi connectivity index (χ2v) is 8.16. The molecule has 0 aliphatic carbocycles. The highest BCUT2D eigenvalue weighted by atomic mass is 16.5. The van der Waals surface area contributed by atoms with E-state index in [1.807, 2.05) is 24.3 Å². The molecule has 0 fully saturated rings. The molecular formula is C25H29N5O2. The molecule has 7 heteroatoms. The number of aliphatic imine (C=N–C) groups is 1. The van der Waals surface area contributed by atoms with Crippen LogP contribution < -0.4 is 15.2 Å². The lowest BCUT2D eigenvalue weighted by Gasteiger charge is -2.14. The summed E-state index contributed by atoms with van der Waals surface area (Å²) in [5, 5.41) is 0. The van der Waals surface area contributed by atoms with Crippen molar-refractivity contribution in [3.8, 4) is 22.8 Å². The molecule has 0 bridgehead atoms. The number of nitrogens with zero attached hydrogens (tertiary/aromatic N) is 4. The molecule has 1 aliphatic heterocycles. The SMILES string of the molecule is COc1cccc(CC2=Nc3cc(-c4ccnc(N)n4)cc(OCCCN(C)C)c3C2)c1. The Balaban J connectivity index is 1.61. The van der Waals surface area contributed by atoms with Crippen molar-refractivity contribution in [2.24, 2.45) is 4.99 Å². The Labute approximate surface area is 188 Å². The molecule has 166 valence electrons. The fraction of sp³-hybridized carbons (Fsp3) is 0.320. The summed E-state index contributed by atoms with van der Waals surface area (Å²) in [5.74, 6) is 1.96. The number of methoxy groups -OCH3 is 1. The van der Waals surface area contributed by atoms with Gasteiger partial charge in [0.25, 0.3) is 0 Å². The number of aromatic nitrogens is 2. The van der Waals surface area contributed by atoms with Crippen LogP contribution >= 0.6 is 0 Å². The van der Waals surface area contributed by atoms with Crippen LogP contribution in [0, 0.1) is 0 Å². The third-order valence-electron chi connectivity index (χ3n) is 5.36. The van der Waals surface area contributed by atoms with Crippen molar-refractivity contribution in [3.63, 3.8) is 0 Å². The van der Waals surface area contributed by atoms with Crippen LogP contribution in [0.15, 0.2) is 53.7 Å². The van der Waals surface area contributed by atoms with Crippen molar-refractivity contribution < 1.29 is 9.47 Å². The lowest BCUT2D eigenvalue weighted by atomic mass is 10.0. The van der Waals surface area contributed by atoms with E-state index in [0.29, 0.717) is 6.61 Å². The molecule has 0 unspecified atom stereocenters. The fourth-order valence-electron chi connectivity index (χ4n) is 3.82. The zero-order valence-corrected chi connectivity index (χ0v) is 18.8. The van der Waals surface area contributed by atoms with Crippen LogP contribution in [-0.4, -0.2) is 54.9 Å². The van der Waals surface area contributed by atoms with Gasteiger partial charge in [0.1, 0.15) is 11.5 Å². The Morgan fingerprint density at radius 2 is 2.00 bits per heavy atom. The van der Waals surface area contributed by atoms with Crippen molar-refractivity contribution >= 4 is 17.3 Å². The lowest BCUT2D eigenvalue weighted by molar-refractivity contribution is 0.280. The molecule has 4 rings (SSSR count). The predicted molar refractivity (Wildman–Crippen MR) is 128 cm³/mol. The van der Waals surface area contributed by atoms with Gasteiger partial charge in [0.15, 0.2) is 0 Å². The molecule has 3 aromatic rings. The van der Waals surface area contributed by atoms with Gasteiger partial charge in [-0.25, -0.2) is 9.97 Å². The van der Waals surface area contributed by atoms with Crippen LogP contribution in [0.1, 0.15) is 17.5 Å². The van der Waals surface area contributed by atoms with Crippen LogP contribution in [0.5, 0.6) is 11.5 Å². The summed E-state index contributed by atoms with van der Waals surface area (Å²) in [4.78, 5) is 15.5. The number of hydrogen-bond donors (Lipinski definition) is 1. The predicted octanol–water partition coefficient (Wildman–Crippen LogP) is 3.94. The van der Waals surface area contributed by atoms with E-state index in [1.54, 1.807) is 13.3 Å². The minimum absolute atomic E-state index is 0.249. The number of rotatable bonds is 9. The summed E-state index contributed by atoms with van der Waals surface area (Å²) in [6.07, 6.45) is 4.15. The van der Waals surface area contributed by atoms with E-state index in [1.165, 1.54) is 5.56 Å². The van der Waals surface area contributed by atoms with Crippen LogP contribution in [0.2, 0.25) is 0 Å². The van der Waals surface area contributed by atoms with E-state index in [4.69, 9.17) is 20.2 Å². The van der Waals surface area contributed by atoms with Crippen LogP contribution in [-0.2, 0) is 12.8 Å². The standard InChI is InChI=1S/C25H29N5O2/c1-30(2)10-5-11-32-24-15-18(22-8-9-27-25(26)29-22)14-23-21(24)16-19(28-23)12-17-6-4-7-20(13-17)31-3/h4,6-9,13-15H,5,10-12,16H2,1-3H3,(H2,26,27,29). The van der Waals surface area contributed by atoms with E-state index in [-0.39, 0.29) is 5.95 Å². The van der Waals surface area contributed by atoms with E-state index < -0.39 is 0 Å². The van der Waals surface area contributed by atoms with Crippen molar-refractivity contribution in [2.45, 2.75) is 19.3 Å². The Morgan fingerprint density at radius 3 is 2.78 bits per heavy atom. The van der Waals surface area contributed by atoms with Gasteiger partial charge in [-0.05, 0) is 56.4 Å². The Bertz CT molecular complexity index is 1130. The topological polar surface area (TPSA) is 85.9 Å². The minimum Gasteiger partial charge on any atom is -0.497 e. The smallest absolute Gasteiger partial charge is 0.220 e. The summed E-state index contributed by atoms with van der Waals surface area (Å²) in [5.41, 5.74) is 11.8. The number of ether oxygens (including phenoxy) is 2. The summed E-state index contributed by atoms with van der Waals surface area (Å²) < 4.78 is 11.6. The van der Waals surface area contributed by atoms with E-state index >= 15 is 0 Å². The zero-order valence-electron chi connectivity index (χ0n) is 18.8. The molecule has 0 saturated carbocycles. The molecule has 0 amide bonds. The first-order valence-electron chi connectivity index (χ1n) is 10.7. The third-order valence-corrected chi connectivity index (χ3v) is 5.36. The van der Waals surface area contributed by atoms with Gasteiger partial charge in [-0.2, -0.15) is 0 Å². The van der Waals surface area contributed by atoms with Gasteiger partial charge in [-0.1, -0.05) is 12.1 Å². The van der Waals surface area contributed by atoms with Gasteiger partial charge in [-0.15, -0.1) is 0 Å². The van der Waals surface area contributed by atoms with Crippen LogP contribution in [0.3, 0.4) is 0 Å². The molecular weight excluding hydrogens is 402 g/mol. The van der Waals surface area contributed by atoms with E-state index in [0.717, 1.165) is 65.5 Å². The van der Waals surface area contributed by atoms with Gasteiger partial charge in [0.05, 0.1) is 25.1 Å². The number of nitrogens with two attached hydrogens (primary N) is 1. The highest BCUT2D eigenvalue weighted by Crippen LogP contribution is 2.39. The first kappa shape index (κ1) is 21.8. The van der Waals surface area contributed by atoms with Gasteiger partial charge >= 0.3 is 0 Å². The lowest BCUT2D eigenvalue weighted by Crippen LogP contribution is -2.15. The van der Waals surface area contributed by atoms with Crippen LogP contribution in [0.25, 0.3) is 11.3 Å². The molecule has 1 aliphatic rings. The molecule has 2 heterocycles. The Morgan fingerprint density at radius 1 is 1.12 bits per heavy atom. The second-order valence-electron chi connectivity index (χ2n) is 8.16. The highest BCUT2D eigenvalue weighted by molar-refractivity contribution is 5.97. The molecule has 2 N–H and O–H groups in total. The maximum atomic E-state index is 6.23. The fourth-order valence-corrected chi connectivity index (χ4v) is 3.82. The van der Waals surface area contributed by atoms with Gasteiger partial charge in [-0.3, -0.25) is 4.99 Å². The van der Waals surface area contributed by atoms with Crippen molar-refractivity contribution in [1.29, 1.82) is 0 Å². The summed E-state index contributed by atoms with van der Waals surface area (Å²) >= 11 is 0. The highest BCUT2D eigenvalue weighted by Gasteiger charge is 2.22. The molecule has 2 aromatic carbocycles. The van der Waals surface area contributed by atoms with Crippen molar-refractivity contribution in [2.75, 3.05) is 40.1 Å². The number of benzene rings is 2. The number of fused-ring (bicyclic) bond motifs is 1. The Kier molecular flexibility index (Phi) is 6.66. The third kappa shape index (κ3) is 5.23. The molecule has 0 radical (unpaired) electrons. The largest absolute Gasteiger partial charge is 0.497 e. The first-order chi connectivity index (χ1) is 15.5. The van der Waals surface area contributed by atoms with Gasteiger partial charge in [0.2, 0.25) is 5.95 Å². The molecule has 0 atom stereocenters. The van der Waals surface area contributed by atoms with Gasteiger partial charge in [0, 0.05) is 42.4 Å². The van der Waals surface area contributed by atoms with Crippen molar-refractivity contribution in [3.05, 3.63) is 59.8 Å². The molecule has 0 spiro atoms. The minimum atomic E-state index is 0.249. The quantitative estimate of drug-likeness (QED) is 0.517. The summed E-state index contributed by atoms with van der Waals surface area (Å²) in [6, 6.07) is 14.1. The maximum Gasteiger partial charge on any atom is 0.220 e. The average molecular weight is 432 g/mol. The monoisotopic (exact) mass is 431 g/mol. The zero-order chi connectivity index (χ0) is 22.5. The first-order valence-corrected chi connectivity index (χ1v) is 10.7. The number of anilines is 1. The molecule has 0 saturated heterocycles. The van der Waals surface area contributed by atoms with Crippen LogP contribution in [0.4, 0.5) is 11.6 Å². The summed E-state index contributed by atoms with van der Waals surface area (Å²) in [7, 11) is 5.82. The number of nitrogen functional groups attached to an aromatic ring is 1. The Hall–Kier alpha value is -3.45.